The summed E-state index contributed by atoms with van der Waals surface area (Å²) < 4.78 is 0. The third-order valence-electron chi connectivity index (χ3n) is 5.61. The Kier molecular flexibility index (Phi) is 3.73. The van der Waals surface area contributed by atoms with Crippen molar-refractivity contribution in [2.75, 3.05) is 31.1 Å². The van der Waals surface area contributed by atoms with E-state index in [1.807, 2.05) is 12.1 Å². The molecule has 0 bridgehead atoms. The minimum Gasteiger partial charge on any atom is -0.355 e. The van der Waals surface area contributed by atoms with Gasteiger partial charge in [-0.1, -0.05) is 18.0 Å². The number of carbonyl (C=O) groups is 1. The van der Waals surface area contributed by atoms with Gasteiger partial charge < -0.3 is 9.80 Å². The normalized spacial score (nSPS) is 30.9. The molecule has 22 heavy (non-hydrogen) atoms. The van der Waals surface area contributed by atoms with E-state index in [9.17, 15) is 4.79 Å². The van der Waals surface area contributed by atoms with Crippen LogP contribution in [0, 0.1) is 17.8 Å². The number of anilines is 1. The first-order valence-electron chi connectivity index (χ1n) is 8.36. The number of amides is 1. The van der Waals surface area contributed by atoms with Crippen molar-refractivity contribution in [3.05, 3.63) is 23.4 Å². The Morgan fingerprint density at radius 3 is 2.68 bits per heavy atom. The van der Waals surface area contributed by atoms with Crippen LogP contribution in [-0.4, -0.2) is 42.0 Å². The molecule has 4 rings (SSSR count). The molecule has 1 amide bonds. The number of nitrogens with zero attached hydrogens (tertiary/aromatic N) is 3. The average molecular weight is 320 g/mol. The van der Waals surface area contributed by atoms with Crippen LogP contribution >= 0.6 is 11.6 Å². The Morgan fingerprint density at radius 2 is 1.95 bits per heavy atom. The smallest absolute Gasteiger partial charge is 0.227 e. The Labute approximate surface area is 136 Å². The number of pyridine rings is 1. The van der Waals surface area contributed by atoms with E-state index in [4.69, 9.17) is 11.6 Å². The fraction of sp³-hybridized carbons (Fsp3) is 0.647. The molecule has 2 aliphatic heterocycles. The number of aromatic nitrogens is 1. The van der Waals surface area contributed by atoms with Gasteiger partial charge in [0.25, 0.3) is 0 Å². The van der Waals surface area contributed by atoms with Crippen LogP contribution in [-0.2, 0) is 4.79 Å². The van der Waals surface area contributed by atoms with Crippen LogP contribution in [0.15, 0.2) is 18.3 Å². The number of hydrogen-bond donors (Lipinski definition) is 0. The summed E-state index contributed by atoms with van der Waals surface area (Å²) in [6, 6.07) is 3.70. The van der Waals surface area contributed by atoms with Gasteiger partial charge in [0.1, 0.15) is 5.82 Å². The van der Waals surface area contributed by atoms with E-state index >= 15 is 0 Å². The fourth-order valence-electron chi connectivity index (χ4n) is 4.44. The van der Waals surface area contributed by atoms with Gasteiger partial charge in [-0.05, 0) is 43.2 Å². The van der Waals surface area contributed by atoms with Crippen LogP contribution in [0.1, 0.15) is 25.7 Å². The highest BCUT2D eigenvalue weighted by atomic mass is 35.5. The van der Waals surface area contributed by atoms with Crippen molar-refractivity contribution in [2.24, 2.45) is 17.8 Å². The molecule has 118 valence electrons. The van der Waals surface area contributed by atoms with Crippen LogP contribution in [0.5, 0.6) is 0 Å². The standard InChI is InChI=1S/C17H22ClN3O/c18-15-5-2-7-19-16(15)20-8-6-14(11-20)17(22)21-9-12-3-1-4-13(12)10-21/h2,5,7,12-14H,1,3-4,6,8-11H2. The monoisotopic (exact) mass is 319 g/mol. The van der Waals surface area contributed by atoms with Gasteiger partial charge in [0.15, 0.2) is 0 Å². The van der Waals surface area contributed by atoms with E-state index in [1.54, 1.807) is 6.20 Å². The topological polar surface area (TPSA) is 36.4 Å². The van der Waals surface area contributed by atoms with Gasteiger partial charge >= 0.3 is 0 Å². The third-order valence-corrected chi connectivity index (χ3v) is 5.91. The second-order valence-electron chi connectivity index (χ2n) is 6.93. The zero-order valence-electron chi connectivity index (χ0n) is 12.7. The fourth-order valence-corrected chi connectivity index (χ4v) is 4.68. The maximum Gasteiger partial charge on any atom is 0.227 e. The van der Waals surface area contributed by atoms with Crippen molar-refractivity contribution in [1.29, 1.82) is 0 Å². The largest absolute Gasteiger partial charge is 0.355 e. The first kappa shape index (κ1) is 14.3. The summed E-state index contributed by atoms with van der Waals surface area (Å²) >= 11 is 6.22. The molecule has 1 aliphatic carbocycles. The molecule has 3 unspecified atom stereocenters. The van der Waals surface area contributed by atoms with E-state index in [0.29, 0.717) is 10.9 Å². The molecule has 0 N–H and O–H groups in total. The molecule has 1 saturated carbocycles. The summed E-state index contributed by atoms with van der Waals surface area (Å²) in [6.07, 6.45) is 6.66. The Morgan fingerprint density at radius 1 is 1.18 bits per heavy atom. The number of halogens is 1. The average Bonchev–Trinajstić information content (AvgIpc) is 3.22. The van der Waals surface area contributed by atoms with E-state index in [-0.39, 0.29) is 5.92 Å². The number of fused-ring (bicyclic) bond motifs is 1. The Hall–Kier alpha value is -1.29. The second kappa shape index (κ2) is 5.73. The Bertz CT molecular complexity index is 567. The molecule has 3 atom stereocenters. The minimum atomic E-state index is 0.108. The van der Waals surface area contributed by atoms with E-state index in [2.05, 4.69) is 14.8 Å². The van der Waals surface area contributed by atoms with Crippen LogP contribution < -0.4 is 4.90 Å². The highest BCUT2D eigenvalue weighted by molar-refractivity contribution is 6.32. The second-order valence-corrected chi connectivity index (χ2v) is 7.34. The lowest BCUT2D eigenvalue weighted by Gasteiger charge is -2.22. The summed E-state index contributed by atoms with van der Waals surface area (Å²) in [6.45, 7) is 3.60. The number of likely N-dealkylation sites (tertiary alicyclic amines) is 1. The molecule has 5 heteroatoms. The quantitative estimate of drug-likeness (QED) is 0.841. The van der Waals surface area contributed by atoms with Crippen molar-refractivity contribution in [3.63, 3.8) is 0 Å². The van der Waals surface area contributed by atoms with Gasteiger partial charge in [-0.2, -0.15) is 0 Å². The number of rotatable bonds is 2. The highest BCUT2D eigenvalue weighted by Crippen LogP contribution is 2.39. The van der Waals surface area contributed by atoms with Crippen LogP contribution in [0.4, 0.5) is 5.82 Å². The molecule has 3 heterocycles. The zero-order valence-corrected chi connectivity index (χ0v) is 13.5. The molecule has 4 nitrogen and oxygen atoms in total. The highest BCUT2D eigenvalue weighted by Gasteiger charge is 2.41. The maximum absolute atomic E-state index is 12.8. The van der Waals surface area contributed by atoms with Crippen LogP contribution in [0.2, 0.25) is 5.02 Å². The SMILES string of the molecule is O=C(C1CCN(c2ncccc2Cl)C1)N1CC2CCCC2C1. The molecule has 3 aliphatic rings. The van der Waals surface area contributed by atoms with Gasteiger partial charge in [-0.15, -0.1) is 0 Å². The van der Waals surface area contributed by atoms with E-state index < -0.39 is 0 Å². The van der Waals surface area contributed by atoms with Crippen LogP contribution in [0.3, 0.4) is 0 Å². The first-order valence-corrected chi connectivity index (χ1v) is 8.74. The molecule has 0 radical (unpaired) electrons. The van der Waals surface area contributed by atoms with Crippen molar-refractivity contribution in [2.45, 2.75) is 25.7 Å². The van der Waals surface area contributed by atoms with Gasteiger partial charge in [0, 0.05) is 32.4 Å². The molecule has 0 aromatic carbocycles. The molecular formula is C17H22ClN3O. The van der Waals surface area contributed by atoms with Gasteiger partial charge in [0.2, 0.25) is 5.91 Å². The summed E-state index contributed by atoms with van der Waals surface area (Å²) in [5, 5.41) is 0.673. The lowest BCUT2D eigenvalue weighted by atomic mass is 10.0. The van der Waals surface area contributed by atoms with Gasteiger partial charge in [0.05, 0.1) is 10.9 Å². The lowest BCUT2D eigenvalue weighted by Crippen LogP contribution is -2.36. The lowest BCUT2D eigenvalue weighted by molar-refractivity contribution is -0.134. The molecular weight excluding hydrogens is 298 g/mol. The maximum atomic E-state index is 12.8. The number of carbonyl (C=O) groups excluding carboxylic acids is 1. The van der Waals surface area contributed by atoms with E-state index in [0.717, 1.165) is 50.3 Å². The number of hydrogen-bond acceptors (Lipinski definition) is 3. The minimum absolute atomic E-state index is 0.108. The van der Waals surface area contributed by atoms with Gasteiger partial charge in [-0.3, -0.25) is 4.79 Å². The van der Waals surface area contributed by atoms with Crippen molar-refractivity contribution < 1.29 is 4.79 Å². The molecule has 0 spiro atoms. The van der Waals surface area contributed by atoms with E-state index in [1.165, 1.54) is 19.3 Å². The summed E-state index contributed by atoms with van der Waals surface area (Å²) in [7, 11) is 0. The predicted molar refractivity (Wildman–Crippen MR) is 87.0 cm³/mol. The van der Waals surface area contributed by atoms with Crippen LogP contribution in [0.25, 0.3) is 0 Å². The molecule has 3 fully saturated rings. The zero-order chi connectivity index (χ0) is 15.1. The van der Waals surface area contributed by atoms with Crippen molar-refractivity contribution >= 4 is 23.3 Å². The summed E-state index contributed by atoms with van der Waals surface area (Å²) in [4.78, 5) is 21.4. The predicted octanol–water partition coefficient (Wildman–Crippen LogP) is 2.82. The molecule has 2 saturated heterocycles. The Balaban J connectivity index is 1.40. The third kappa shape index (κ3) is 2.47. The first-order chi connectivity index (χ1) is 10.7. The molecule has 1 aromatic heterocycles. The van der Waals surface area contributed by atoms with Crippen molar-refractivity contribution in [3.8, 4) is 0 Å². The summed E-state index contributed by atoms with van der Waals surface area (Å²) in [5.74, 6) is 2.82. The van der Waals surface area contributed by atoms with Crippen molar-refractivity contribution in [1.82, 2.24) is 9.88 Å². The molecule has 1 aromatic rings. The van der Waals surface area contributed by atoms with Gasteiger partial charge in [-0.25, -0.2) is 4.98 Å². The summed E-state index contributed by atoms with van der Waals surface area (Å²) in [5.41, 5.74) is 0.